The molecule has 0 aromatic carbocycles. The van der Waals surface area contributed by atoms with E-state index >= 15 is 0 Å². The van der Waals surface area contributed by atoms with Crippen LogP contribution in [0.2, 0.25) is 0 Å². The van der Waals surface area contributed by atoms with E-state index in [1.54, 1.807) is 0 Å². The Labute approximate surface area is 119 Å². The first kappa shape index (κ1) is 15.3. The summed E-state index contributed by atoms with van der Waals surface area (Å²) in [6.07, 6.45) is 12.1. The molecule has 1 saturated heterocycles. The van der Waals surface area contributed by atoms with Crippen LogP contribution in [0.25, 0.3) is 0 Å². The molecule has 2 rings (SSSR count). The topological polar surface area (TPSA) is 24.5 Å². The Morgan fingerprint density at radius 1 is 1.05 bits per heavy atom. The normalized spacial score (nSPS) is 24.8. The van der Waals surface area contributed by atoms with Crippen molar-refractivity contribution in [2.24, 2.45) is 0 Å². The smallest absolute Gasteiger partial charge is 0.0621 e. The highest BCUT2D eigenvalue weighted by atomic mass is 16.5. The first-order valence-electron chi connectivity index (χ1n) is 8.37. The fraction of sp³-hybridized carbons (Fsp3) is 1.00. The summed E-state index contributed by atoms with van der Waals surface area (Å²) >= 11 is 0. The molecule has 0 spiro atoms. The number of hydrogen-bond acceptors (Lipinski definition) is 3. The van der Waals surface area contributed by atoms with E-state index in [4.69, 9.17) is 4.74 Å². The fourth-order valence-electron chi connectivity index (χ4n) is 2.85. The fourth-order valence-corrected chi connectivity index (χ4v) is 2.85. The van der Waals surface area contributed by atoms with Gasteiger partial charge in [0.1, 0.15) is 0 Å². The van der Waals surface area contributed by atoms with E-state index in [0.717, 1.165) is 19.3 Å². The van der Waals surface area contributed by atoms with Gasteiger partial charge in [-0.25, -0.2) is 0 Å². The van der Waals surface area contributed by atoms with E-state index in [1.165, 1.54) is 70.9 Å². The monoisotopic (exact) mass is 268 g/mol. The lowest BCUT2D eigenvalue weighted by molar-refractivity contribution is 0.0512. The Hall–Kier alpha value is -0.120. The van der Waals surface area contributed by atoms with Gasteiger partial charge in [0.05, 0.1) is 6.61 Å². The second-order valence-corrected chi connectivity index (χ2v) is 6.35. The van der Waals surface area contributed by atoms with E-state index in [2.05, 4.69) is 17.3 Å². The van der Waals surface area contributed by atoms with Crippen molar-refractivity contribution in [2.75, 3.05) is 33.4 Å². The zero-order valence-electron chi connectivity index (χ0n) is 12.7. The summed E-state index contributed by atoms with van der Waals surface area (Å²) in [5.41, 5.74) is 0. The Bertz CT molecular complexity index is 231. The number of unbranched alkanes of at least 4 members (excludes halogenated alkanes) is 3. The Morgan fingerprint density at radius 3 is 2.68 bits per heavy atom. The van der Waals surface area contributed by atoms with E-state index in [-0.39, 0.29) is 0 Å². The minimum Gasteiger partial charge on any atom is -0.380 e. The Balaban J connectivity index is 1.33. The van der Waals surface area contributed by atoms with Crippen LogP contribution < -0.4 is 5.32 Å². The molecule has 2 fully saturated rings. The molecule has 1 heterocycles. The van der Waals surface area contributed by atoms with Gasteiger partial charge in [0.25, 0.3) is 0 Å². The maximum Gasteiger partial charge on any atom is 0.0621 e. The Morgan fingerprint density at radius 2 is 1.89 bits per heavy atom. The third kappa shape index (κ3) is 6.73. The van der Waals surface area contributed by atoms with Crippen LogP contribution in [0.4, 0.5) is 0 Å². The highest BCUT2D eigenvalue weighted by Crippen LogP contribution is 2.18. The number of nitrogens with one attached hydrogen (secondary N) is 1. The summed E-state index contributed by atoms with van der Waals surface area (Å²) in [5, 5.41) is 3.57. The molecule has 1 unspecified atom stereocenters. The number of hydrogen-bond donors (Lipinski definition) is 1. The van der Waals surface area contributed by atoms with Crippen molar-refractivity contribution in [3.63, 3.8) is 0 Å². The van der Waals surface area contributed by atoms with Crippen molar-refractivity contribution in [1.82, 2.24) is 10.2 Å². The number of rotatable bonds is 10. The maximum atomic E-state index is 5.84. The van der Waals surface area contributed by atoms with Gasteiger partial charge in [-0.2, -0.15) is 0 Å². The molecular weight excluding hydrogens is 236 g/mol. The van der Waals surface area contributed by atoms with Gasteiger partial charge < -0.3 is 15.0 Å². The second-order valence-electron chi connectivity index (χ2n) is 6.35. The number of likely N-dealkylation sites (N-methyl/N-ethyl adjacent to an activating group) is 1. The van der Waals surface area contributed by atoms with Gasteiger partial charge in [-0.15, -0.1) is 0 Å². The third-order valence-electron chi connectivity index (χ3n) is 4.46. The molecule has 2 aliphatic rings. The first-order valence-corrected chi connectivity index (χ1v) is 8.37. The second kappa shape index (κ2) is 8.93. The molecule has 1 atom stereocenters. The van der Waals surface area contributed by atoms with Crippen LogP contribution in [0.3, 0.4) is 0 Å². The van der Waals surface area contributed by atoms with Gasteiger partial charge in [0.2, 0.25) is 0 Å². The van der Waals surface area contributed by atoms with Crippen molar-refractivity contribution in [2.45, 2.75) is 69.9 Å². The number of ether oxygens (including phenoxy) is 1. The van der Waals surface area contributed by atoms with Crippen LogP contribution in [0, 0.1) is 0 Å². The van der Waals surface area contributed by atoms with E-state index in [1.807, 2.05) is 0 Å². The van der Waals surface area contributed by atoms with Crippen molar-refractivity contribution in [3.05, 3.63) is 0 Å². The molecule has 0 amide bonds. The van der Waals surface area contributed by atoms with Gasteiger partial charge >= 0.3 is 0 Å². The van der Waals surface area contributed by atoms with E-state index in [0.29, 0.717) is 6.04 Å². The molecule has 19 heavy (non-hydrogen) atoms. The molecule has 3 heteroatoms. The molecule has 0 aromatic heterocycles. The average molecular weight is 268 g/mol. The summed E-state index contributed by atoms with van der Waals surface area (Å²) in [7, 11) is 2.24. The molecule has 0 bridgehead atoms. The number of likely N-dealkylation sites (tertiary alicyclic amines) is 1. The van der Waals surface area contributed by atoms with Gasteiger partial charge in [-0.1, -0.05) is 19.3 Å². The molecule has 1 N–H and O–H groups in total. The quantitative estimate of drug-likeness (QED) is 0.617. The summed E-state index contributed by atoms with van der Waals surface area (Å²) in [6, 6.07) is 1.55. The summed E-state index contributed by atoms with van der Waals surface area (Å²) < 4.78 is 5.84. The molecule has 0 radical (unpaired) electrons. The van der Waals surface area contributed by atoms with Crippen LogP contribution in [-0.2, 0) is 4.74 Å². The van der Waals surface area contributed by atoms with Crippen molar-refractivity contribution < 1.29 is 4.74 Å². The van der Waals surface area contributed by atoms with Gasteiger partial charge in [-0.3, -0.25) is 0 Å². The molecule has 3 nitrogen and oxygen atoms in total. The predicted molar refractivity (Wildman–Crippen MR) is 80.6 cm³/mol. The summed E-state index contributed by atoms with van der Waals surface area (Å²) in [6.45, 7) is 4.38. The standard InChI is InChI=1S/C16H32N2O/c1-18-12-6-4-8-16(18)14-19-13-7-3-2-5-11-17-15-9-10-15/h15-17H,2-14H2,1H3. The molecule has 1 aliphatic carbocycles. The predicted octanol–water partition coefficient (Wildman–Crippen LogP) is 2.80. The zero-order valence-corrected chi connectivity index (χ0v) is 12.7. The highest BCUT2D eigenvalue weighted by molar-refractivity contribution is 4.80. The van der Waals surface area contributed by atoms with Gasteiger partial charge in [0, 0.05) is 18.7 Å². The van der Waals surface area contributed by atoms with Gasteiger partial charge in [-0.05, 0) is 58.7 Å². The van der Waals surface area contributed by atoms with Crippen molar-refractivity contribution in [3.8, 4) is 0 Å². The van der Waals surface area contributed by atoms with Crippen LogP contribution in [-0.4, -0.2) is 50.3 Å². The highest BCUT2D eigenvalue weighted by Gasteiger charge is 2.19. The molecule has 0 aromatic rings. The lowest BCUT2D eigenvalue weighted by atomic mass is 10.0. The maximum absolute atomic E-state index is 5.84. The van der Waals surface area contributed by atoms with Crippen molar-refractivity contribution >= 4 is 0 Å². The van der Waals surface area contributed by atoms with Crippen LogP contribution >= 0.6 is 0 Å². The van der Waals surface area contributed by atoms with Gasteiger partial charge in [0.15, 0.2) is 0 Å². The largest absolute Gasteiger partial charge is 0.380 e. The number of nitrogens with zero attached hydrogens (tertiary/aromatic N) is 1. The molecule has 112 valence electrons. The van der Waals surface area contributed by atoms with E-state index < -0.39 is 0 Å². The third-order valence-corrected chi connectivity index (χ3v) is 4.46. The lowest BCUT2D eigenvalue weighted by Crippen LogP contribution is -2.39. The summed E-state index contributed by atoms with van der Waals surface area (Å²) in [4.78, 5) is 2.47. The van der Waals surface area contributed by atoms with Crippen LogP contribution in [0.5, 0.6) is 0 Å². The van der Waals surface area contributed by atoms with Crippen molar-refractivity contribution in [1.29, 1.82) is 0 Å². The average Bonchev–Trinajstić information content (AvgIpc) is 3.23. The minimum absolute atomic E-state index is 0.677. The number of piperidine rings is 1. The van der Waals surface area contributed by atoms with Crippen LogP contribution in [0.1, 0.15) is 57.8 Å². The van der Waals surface area contributed by atoms with Crippen LogP contribution in [0.15, 0.2) is 0 Å². The molecule has 1 saturated carbocycles. The van der Waals surface area contributed by atoms with E-state index in [9.17, 15) is 0 Å². The first-order chi connectivity index (χ1) is 9.36. The molecule has 1 aliphatic heterocycles. The summed E-state index contributed by atoms with van der Waals surface area (Å²) in [5.74, 6) is 0. The minimum atomic E-state index is 0.677. The SMILES string of the molecule is CN1CCCCC1COCCCCCCNC1CC1. The Kier molecular flexibility index (Phi) is 7.18. The zero-order chi connectivity index (χ0) is 13.3. The lowest BCUT2D eigenvalue weighted by Gasteiger charge is -2.32. The molecular formula is C16H32N2O.